The average Bonchev–Trinajstić information content (AvgIpc) is 2.75. The van der Waals surface area contributed by atoms with Crippen LogP contribution in [0.2, 0.25) is 0 Å². The first-order chi connectivity index (χ1) is 9.04. The van der Waals surface area contributed by atoms with Crippen molar-refractivity contribution < 1.29 is 14.3 Å². The summed E-state index contributed by atoms with van der Waals surface area (Å²) >= 11 is 1.42. The Kier molecular flexibility index (Phi) is 4.47. The molecule has 0 aliphatic heterocycles. The number of hydrogen-bond acceptors (Lipinski definition) is 3. The quantitative estimate of drug-likeness (QED) is 0.816. The van der Waals surface area contributed by atoms with E-state index in [1.165, 1.54) is 17.8 Å². The number of halogens is 1. The summed E-state index contributed by atoms with van der Waals surface area (Å²) in [6.45, 7) is 0. The highest BCUT2D eigenvalue weighted by Crippen LogP contribution is 2.37. The van der Waals surface area contributed by atoms with E-state index in [0.717, 1.165) is 12.8 Å². The van der Waals surface area contributed by atoms with Crippen molar-refractivity contribution in [2.75, 3.05) is 5.75 Å². The molecule has 0 bridgehead atoms. The van der Waals surface area contributed by atoms with Crippen LogP contribution < -0.4 is 5.73 Å². The van der Waals surface area contributed by atoms with E-state index >= 15 is 0 Å². The van der Waals surface area contributed by atoms with Crippen LogP contribution in [0.15, 0.2) is 29.2 Å². The highest BCUT2D eigenvalue weighted by atomic mass is 32.2. The molecule has 0 aromatic heterocycles. The van der Waals surface area contributed by atoms with Crippen LogP contribution in [0.5, 0.6) is 0 Å². The molecule has 1 saturated carbocycles. The molecule has 104 valence electrons. The van der Waals surface area contributed by atoms with Crippen LogP contribution >= 0.6 is 11.8 Å². The predicted octanol–water partition coefficient (Wildman–Crippen LogP) is 2.89. The fraction of sp³-hybridized carbons (Fsp3) is 0.500. The zero-order valence-corrected chi connectivity index (χ0v) is 11.5. The molecule has 0 saturated heterocycles. The maximum absolute atomic E-state index is 13.4. The molecular formula is C14H18FNO2S. The first-order valence-corrected chi connectivity index (χ1v) is 7.42. The number of nitrogens with two attached hydrogens (primary N) is 1. The van der Waals surface area contributed by atoms with Gasteiger partial charge in [-0.3, -0.25) is 4.79 Å². The third kappa shape index (κ3) is 3.09. The third-order valence-electron chi connectivity index (χ3n) is 3.83. The van der Waals surface area contributed by atoms with Gasteiger partial charge in [0.25, 0.3) is 0 Å². The van der Waals surface area contributed by atoms with Gasteiger partial charge in [0.05, 0.1) is 0 Å². The van der Waals surface area contributed by atoms with Gasteiger partial charge in [-0.15, -0.1) is 11.8 Å². The lowest BCUT2D eigenvalue weighted by molar-refractivity contribution is -0.144. The van der Waals surface area contributed by atoms with Crippen LogP contribution in [0.4, 0.5) is 4.39 Å². The van der Waals surface area contributed by atoms with Gasteiger partial charge in [-0.1, -0.05) is 18.6 Å². The van der Waals surface area contributed by atoms with Gasteiger partial charge in [-0.25, -0.2) is 4.39 Å². The molecule has 5 heteroatoms. The first kappa shape index (κ1) is 14.3. The molecule has 3 N–H and O–H groups in total. The zero-order valence-electron chi connectivity index (χ0n) is 10.6. The molecule has 3 nitrogen and oxygen atoms in total. The average molecular weight is 283 g/mol. The summed E-state index contributed by atoms with van der Waals surface area (Å²) in [5.74, 6) is -0.455. The Labute approximate surface area is 116 Å². The molecular weight excluding hydrogens is 265 g/mol. The number of carboxylic acid groups (broad SMARTS) is 1. The van der Waals surface area contributed by atoms with E-state index in [-0.39, 0.29) is 11.7 Å². The molecule has 1 fully saturated rings. The van der Waals surface area contributed by atoms with Crippen LogP contribution in [0, 0.1) is 11.7 Å². The van der Waals surface area contributed by atoms with E-state index in [1.54, 1.807) is 18.2 Å². The summed E-state index contributed by atoms with van der Waals surface area (Å²) in [5.41, 5.74) is 4.89. The van der Waals surface area contributed by atoms with E-state index in [4.69, 9.17) is 5.73 Å². The molecule has 2 unspecified atom stereocenters. The topological polar surface area (TPSA) is 63.3 Å². The Bertz CT molecular complexity index is 469. The van der Waals surface area contributed by atoms with Crippen LogP contribution in [0.25, 0.3) is 0 Å². The summed E-state index contributed by atoms with van der Waals surface area (Å²) in [6.07, 6.45) is 2.96. The summed E-state index contributed by atoms with van der Waals surface area (Å²) in [6, 6.07) is 6.63. The first-order valence-electron chi connectivity index (χ1n) is 6.43. The Morgan fingerprint density at radius 1 is 1.53 bits per heavy atom. The van der Waals surface area contributed by atoms with Gasteiger partial charge in [0.2, 0.25) is 0 Å². The van der Waals surface area contributed by atoms with Crippen molar-refractivity contribution in [3.8, 4) is 0 Å². The Hall–Kier alpha value is -1.07. The number of aliphatic carboxylic acids is 1. The normalized spacial score (nSPS) is 26.5. The smallest absolute Gasteiger partial charge is 0.323 e. The van der Waals surface area contributed by atoms with Crippen molar-refractivity contribution in [2.24, 2.45) is 11.7 Å². The predicted molar refractivity (Wildman–Crippen MR) is 73.6 cm³/mol. The van der Waals surface area contributed by atoms with E-state index in [0.29, 0.717) is 23.5 Å². The van der Waals surface area contributed by atoms with Gasteiger partial charge in [-0.05, 0) is 43.1 Å². The number of carbonyl (C=O) groups is 1. The lowest BCUT2D eigenvalue weighted by Gasteiger charge is -2.26. The second kappa shape index (κ2) is 5.92. The molecule has 2 rings (SSSR count). The monoisotopic (exact) mass is 283 g/mol. The Balaban J connectivity index is 1.89. The van der Waals surface area contributed by atoms with E-state index in [1.807, 2.05) is 0 Å². The van der Waals surface area contributed by atoms with Crippen molar-refractivity contribution in [1.29, 1.82) is 0 Å². The highest BCUT2D eigenvalue weighted by Gasteiger charge is 2.45. The lowest BCUT2D eigenvalue weighted by Crippen LogP contribution is -2.51. The minimum absolute atomic E-state index is 0.00993. The number of hydrogen-bond donors (Lipinski definition) is 2. The molecule has 2 atom stereocenters. The second-order valence-electron chi connectivity index (χ2n) is 5.00. The fourth-order valence-corrected chi connectivity index (χ4v) is 3.66. The highest BCUT2D eigenvalue weighted by molar-refractivity contribution is 7.99. The summed E-state index contributed by atoms with van der Waals surface area (Å²) in [4.78, 5) is 11.8. The van der Waals surface area contributed by atoms with Crippen molar-refractivity contribution in [3.63, 3.8) is 0 Å². The molecule has 1 aliphatic carbocycles. The van der Waals surface area contributed by atoms with E-state index in [2.05, 4.69) is 0 Å². The lowest BCUT2D eigenvalue weighted by atomic mass is 9.86. The zero-order chi connectivity index (χ0) is 13.9. The maximum atomic E-state index is 13.4. The minimum atomic E-state index is -1.09. The van der Waals surface area contributed by atoms with E-state index in [9.17, 15) is 14.3 Å². The van der Waals surface area contributed by atoms with Crippen molar-refractivity contribution in [3.05, 3.63) is 30.1 Å². The van der Waals surface area contributed by atoms with E-state index < -0.39 is 11.5 Å². The van der Waals surface area contributed by atoms with Crippen molar-refractivity contribution >= 4 is 17.7 Å². The van der Waals surface area contributed by atoms with Crippen molar-refractivity contribution in [1.82, 2.24) is 0 Å². The number of thioether (sulfide) groups is 1. The van der Waals surface area contributed by atoms with Crippen LogP contribution in [-0.4, -0.2) is 22.4 Å². The Morgan fingerprint density at radius 2 is 2.26 bits per heavy atom. The molecule has 0 spiro atoms. The molecule has 1 aromatic carbocycles. The maximum Gasteiger partial charge on any atom is 0.323 e. The minimum Gasteiger partial charge on any atom is -0.480 e. The number of carboxylic acids is 1. The van der Waals surface area contributed by atoms with Crippen LogP contribution in [0.3, 0.4) is 0 Å². The van der Waals surface area contributed by atoms with Gasteiger partial charge in [0.1, 0.15) is 11.4 Å². The Morgan fingerprint density at radius 3 is 2.95 bits per heavy atom. The van der Waals surface area contributed by atoms with Crippen LogP contribution in [-0.2, 0) is 4.79 Å². The summed E-state index contributed by atoms with van der Waals surface area (Å²) in [7, 11) is 0. The number of benzene rings is 1. The SMILES string of the molecule is NC1(C(=O)O)CCCC1CCSc1ccccc1F. The van der Waals surface area contributed by atoms with Crippen LogP contribution in [0.1, 0.15) is 25.7 Å². The third-order valence-corrected chi connectivity index (χ3v) is 4.91. The van der Waals surface area contributed by atoms with Gasteiger partial charge in [-0.2, -0.15) is 0 Å². The molecule has 0 heterocycles. The number of rotatable bonds is 5. The molecule has 0 amide bonds. The molecule has 19 heavy (non-hydrogen) atoms. The van der Waals surface area contributed by atoms with Gasteiger partial charge >= 0.3 is 5.97 Å². The standard InChI is InChI=1S/C14H18FNO2S/c15-11-5-1-2-6-12(11)19-9-7-10-4-3-8-14(10,16)13(17)18/h1-2,5-6,10H,3-4,7-9,16H2,(H,17,18). The molecule has 1 aromatic rings. The summed E-state index contributed by atoms with van der Waals surface area (Å²) < 4.78 is 13.4. The molecule has 0 radical (unpaired) electrons. The largest absolute Gasteiger partial charge is 0.480 e. The van der Waals surface area contributed by atoms with Gasteiger partial charge < -0.3 is 10.8 Å². The fourth-order valence-electron chi connectivity index (χ4n) is 2.66. The second-order valence-corrected chi connectivity index (χ2v) is 6.14. The van der Waals surface area contributed by atoms with Gasteiger partial charge in [0, 0.05) is 4.90 Å². The van der Waals surface area contributed by atoms with Crippen molar-refractivity contribution in [2.45, 2.75) is 36.1 Å². The van der Waals surface area contributed by atoms with Gasteiger partial charge in [0.15, 0.2) is 0 Å². The summed E-state index contributed by atoms with van der Waals surface area (Å²) in [5, 5.41) is 9.21. The molecule has 1 aliphatic rings.